The molecule has 0 spiro atoms. The SMILES string of the molecule is Cc1ncc(N2CCOCC2CN)nc1C. The van der Waals surface area contributed by atoms with Crippen molar-refractivity contribution in [3.63, 3.8) is 0 Å². The Morgan fingerprint density at radius 3 is 3.00 bits per heavy atom. The molecule has 1 unspecified atom stereocenters. The Kier molecular flexibility index (Phi) is 3.36. The number of hydrogen-bond acceptors (Lipinski definition) is 5. The second-order valence-electron chi connectivity index (χ2n) is 4.06. The van der Waals surface area contributed by atoms with Gasteiger partial charge in [0.25, 0.3) is 0 Å². The zero-order valence-corrected chi connectivity index (χ0v) is 9.81. The van der Waals surface area contributed by atoms with E-state index in [1.54, 1.807) is 0 Å². The fraction of sp³-hybridized carbons (Fsp3) is 0.636. The molecule has 1 aromatic heterocycles. The van der Waals surface area contributed by atoms with Crippen molar-refractivity contribution in [3.8, 4) is 0 Å². The smallest absolute Gasteiger partial charge is 0.147 e. The third-order valence-electron chi connectivity index (χ3n) is 2.97. The Labute approximate surface area is 95.6 Å². The van der Waals surface area contributed by atoms with Crippen molar-refractivity contribution in [2.45, 2.75) is 19.9 Å². The minimum absolute atomic E-state index is 0.213. The van der Waals surface area contributed by atoms with Gasteiger partial charge in [0.15, 0.2) is 0 Å². The van der Waals surface area contributed by atoms with Crippen LogP contribution in [0.25, 0.3) is 0 Å². The van der Waals surface area contributed by atoms with E-state index in [0.717, 1.165) is 30.4 Å². The van der Waals surface area contributed by atoms with Gasteiger partial charge in [-0.05, 0) is 13.8 Å². The average molecular weight is 222 g/mol. The maximum atomic E-state index is 5.73. The molecule has 1 atom stereocenters. The number of morpholine rings is 1. The molecule has 0 aromatic carbocycles. The molecular weight excluding hydrogens is 204 g/mol. The molecule has 5 heteroatoms. The first-order chi connectivity index (χ1) is 7.72. The van der Waals surface area contributed by atoms with E-state index in [2.05, 4.69) is 14.9 Å². The fourth-order valence-corrected chi connectivity index (χ4v) is 1.82. The van der Waals surface area contributed by atoms with Crippen LogP contribution in [0.3, 0.4) is 0 Å². The lowest BCUT2D eigenvalue weighted by molar-refractivity contribution is 0.0958. The van der Waals surface area contributed by atoms with Crippen LogP contribution >= 0.6 is 0 Å². The molecule has 0 aliphatic carbocycles. The molecule has 0 radical (unpaired) electrons. The zero-order chi connectivity index (χ0) is 11.5. The number of hydrogen-bond donors (Lipinski definition) is 1. The van der Waals surface area contributed by atoms with Crippen LogP contribution in [0.15, 0.2) is 6.20 Å². The molecule has 88 valence electrons. The molecule has 1 saturated heterocycles. The summed E-state index contributed by atoms with van der Waals surface area (Å²) in [6.45, 7) is 6.75. The van der Waals surface area contributed by atoms with Gasteiger partial charge in [0.2, 0.25) is 0 Å². The van der Waals surface area contributed by atoms with E-state index in [-0.39, 0.29) is 6.04 Å². The minimum atomic E-state index is 0.213. The lowest BCUT2D eigenvalue weighted by Gasteiger charge is -2.35. The summed E-state index contributed by atoms with van der Waals surface area (Å²) in [4.78, 5) is 11.1. The molecule has 0 amide bonds. The van der Waals surface area contributed by atoms with Crippen LogP contribution in [0.5, 0.6) is 0 Å². The van der Waals surface area contributed by atoms with Crippen LogP contribution < -0.4 is 10.6 Å². The molecule has 1 fully saturated rings. The van der Waals surface area contributed by atoms with E-state index < -0.39 is 0 Å². The molecule has 2 heterocycles. The van der Waals surface area contributed by atoms with Gasteiger partial charge < -0.3 is 15.4 Å². The van der Waals surface area contributed by atoms with Crippen LogP contribution in [-0.4, -0.2) is 42.3 Å². The fourth-order valence-electron chi connectivity index (χ4n) is 1.82. The van der Waals surface area contributed by atoms with Gasteiger partial charge in [0.05, 0.1) is 36.8 Å². The highest BCUT2D eigenvalue weighted by molar-refractivity contribution is 5.39. The van der Waals surface area contributed by atoms with Gasteiger partial charge in [-0.3, -0.25) is 4.98 Å². The van der Waals surface area contributed by atoms with Crippen molar-refractivity contribution in [2.24, 2.45) is 5.73 Å². The van der Waals surface area contributed by atoms with Crippen LogP contribution in [-0.2, 0) is 4.74 Å². The molecule has 1 aliphatic heterocycles. The predicted molar refractivity (Wildman–Crippen MR) is 62.5 cm³/mol. The van der Waals surface area contributed by atoms with Crippen LogP contribution in [0.2, 0.25) is 0 Å². The maximum Gasteiger partial charge on any atom is 0.147 e. The van der Waals surface area contributed by atoms with E-state index in [4.69, 9.17) is 10.5 Å². The first-order valence-corrected chi connectivity index (χ1v) is 5.57. The van der Waals surface area contributed by atoms with Gasteiger partial charge in [-0.1, -0.05) is 0 Å². The molecule has 1 aromatic rings. The summed E-state index contributed by atoms with van der Waals surface area (Å²) in [6.07, 6.45) is 1.82. The lowest BCUT2D eigenvalue weighted by atomic mass is 10.2. The first-order valence-electron chi connectivity index (χ1n) is 5.57. The molecule has 2 rings (SSSR count). The lowest BCUT2D eigenvalue weighted by Crippen LogP contribution is -2.50. The first kappa shape index (κ1) is 11.3. The van der Waals surface area contributed by atoms with Crippen LogP contribution in [0.4, 0.5) is 5.82 Å². The summed E-state index contributed by atoms with van der Waals surface area (Å²) in [5.41, 5.74) is 7.67. The van der Waals surface area contributed by atoms with Gasteiger partial charge in [-0.25, -0.2) is 4.98 Å². The number of nitrogens with zero attached hydrogens (tertiary/aromatic N) is 3. The number of ether oxygens (including phenoxy) is 1. The monoisotopic (exact) mass is 222 g/mol. The van der Waals surface area contributed by atoms with Gasteiger partial charge in [0.1, 0.15) is 5.82 Å². The standard InChI is InChI=1S/C11H18N4O/c1-8-9(2)14-11(6-13-8)15-3-4-16-7-10(15)5-12/h6,10H,3-5,7,12H2,1-2H3. The van der Waals surface area contributed by atoms with E-state index in [9.17, 15) is 0 Å². The highest BCUT2D eigenvalue weighted by Gasteiger charge is 2.23. The summed E-state index contributed by atoms with van der Waals surface area (Å²) < 4.78 is 5.41. The van der Waals surface area contributed by atoms with E-state index in [1.165, 1.54) is 0 Å². The van der Waals surface area contributed by atoms with Gasteiger partial charge >= 0.3 is 0 Å². The summed E-state index contributed by atoms with van der Waals surface area (Å²) >= 11 is 0. The van der Waals surface area contributed by atoms with E-state index in [0.29, 0.717) is 13.2 Å². The molecule has 0 saturated carbocycles. The molecule has 16 heavy (non-hydrogen) atoms. The summed E-state index contributed by atoms with van der Waals surface area (Å²) in [5, 5.41) is 0. The van der Waals surface area contributed by atoms with E-state index in [1.807, 2.05) is 20.0 Å². The van der Waals surface area contributed by atoms with Crippen molar-refractivity contribution >= 4 is 5.82 Å². The van der Waals surface area contributed by atoms with Crippen molar-refractivity contribution < 1.29 is 4.74 Å². The van der Waals surface area contributed by atoms with Crippen molar-refractivity contribution in [1.82, 2.24) is 9.97 Å². The van der Waals surface area contributed by atoms with Gasteiger partial charge in [-0.15, -0.1) is 0 Å². The Hall–Kier alpha value is -1.20. The van der Waals surface area contributed by atoms with Crippen LogP contribution in [0, 0.1) is 13.8 Å². The third-order valence-corrected chi connectivity index (χ3v) is 2.97. The minimum Gasteiger partial charge on any atom is -0.377 e. The molecule has 1 aliphatic rings. The van der Waals surface area contributed by atoms with Gasteiger partial charge in [-0.2, -0.15) is 0 Å². The third kappa shape index (κ3) is 2.15. The van der Waals surface area contributed by atoms with Gasteiger partial charge in [0, 0.05) is 13.1 Å². The predicted octanol–water partition coefficient (Wildman–Crippen LogP) is 0.257. The summed E-state index contributed by atoms with van der Waals surface area (Å²) in [5.74, 6) is 0.904. The molecule has 5 nitrogen and oxygen atoms in total. The van der Waals surface area contributed by atoms with Crippen molar-refractivity contribution in [1.29, 1.82) is 0 Å². The molecule has 0 bridgehead atoms. The number of nitrogens with two attached hydrogens (primary N) is 1. The Balaban J connectivity index is 2.23. The number of rotatable bonds is 2. The van der Waals surface area contributed by atoms with E-state index >= 15 is 0 Å². The highest BCUT2D eigenvalue weighted by atomic mass is 16.5. The largest absolute Gasteiger partial charge is 0.377 e. The van der Waals surface area contributed by atoms with Crippen molar-refractivity contribution in [2.75, 3.05) is 31.2 Å². The number of aromatic nitrogens is 2. The normalized spacial score (nSPS) is 21.2. The molecular formula is C11H18N4O. The number of aryl methyl sites for hydroxylation is 2. The number of anilines is 1. The van der Waals surface area contributed by atoms with Crippen LogP contribution in [0.1, 0.15) is 11.4 Å². The molecule has 2 N–H and O–H groups in total. The second kappa shape index (κ2) is 4.76. The summed E-state index contributed by atoms with van der Waals surface area (Å²) in [7, 11) is 0. The quantitative estimate of drug-likeness (QED) is 0.777. The topological polar surface area (TPSA) is 64.3 Å². The maximum absolute atomic E-state index is 5.73. The Bertz CT molecular complexity index is 369. The Morgan fingerprint density at radius 1 is 1.50 bits per heavy atom. The summed E-state index contributed by atoms with van der Waals surface area (Å²) in [6, 6.07) is 0.213. The van der Waals surface area contributed by atoms with Crippen molar-refractivity contribution in [3.05, 3.63) is 17.6 Å². The zero-order valence-electron chi connectivity index (χ0n) is 9.81. The average Bonchev–Trinajstić information content (AvgIpc) is 2.32. The Morgan fingerprint density at radius 2 is 2.31 bits per heavy atom. The highest BCUT2D eigenvalue weighted by Crippen LogP contribution is 2.17. The second-order valence-corrected chi connectivity index (χ2v) is 4.06.